The molecule has 1 atom stereocenters. The lowest BCUT2D eigenvalue weighted by molar-refractivity contribution is 0.619. The van der Waals surface area contributed by atoms with Crippen LogP contribution in [-0.2, 0) is 0 Å². The largest absolute Gasteiger partial charge is 0.302 e. The molecule has 0 fully saturated rings. The van der Waals surface area contributed by atoms with Crippen molar-refractivity contribution in [3.8, 4) is 0 Å². The van der Waals surface area contributed by atoms with Crippen LogP contribution in [0.3, 0.4) is 0 Å². The molecular formula is C17H13BrClN3S. The van der Waals surface area contributed by atoms with E-state index in [4.69, 9.17) is 11.6 Å². The molecule has 3 aromatic rings. The first-order chi connectivity index (χ1) is 11.1. The van der Waals surface area contributed by atoms with Crippen molar-refractivity contribution < 1.29 is 0 Å². The van der Waals surface area contributed by atoms with Gasteiger partial charge in [-0.2, -0.15) is 5.10 Å². The highest BCUT2D eigenvalue weighted by Gasteiger charge is 2.25. The standard InChI is InChI=1S/C17H13BrClN3S/c1-9-2-3-10-7-11(17(19)20-13(10)6-9)14-8-15(22-21-14)16-12(18)4-5-23-16/h2-7,14,21H,8H2,1H3. The Balaban J connectivity index is 1.67. The molecule has 1 N–H and O–H groups in total. The molecule has 0 amide bonds. The molecule has 1 aromatic carbocycles. The summed E-state index contributed by atoms with van der Waals surface area (Å²) in [6, 6.07) is 10.5. The number of fused-ring (bicyclic) bond motifs is 1. The van der Waals surface area contributed by atoms with Gasteiger partial charge in [-0.25, -0.2) is 4.98 Å². The third-order valence-corrected chi connectivity index (χ3v) is 6.15. The van der Waals surface area contributed by atoms with Crippen LogP contribution < -0.4 is 5.43 Å². The second kappa shape index (κ2) is 5.89. The smallest absolute Gasteiger partial charge is 0.135 e. The first-order valence-electron chi connectivity index (χ1n) is 7.24. The number of hydrazone groups is 1. The maximum Gasteiger partial charge on any atom is 0.135 e. The molecule has 4 rings (SSSR count). The number of benzene rings is 1. The number of hydrogen-bond donors (Lipinski definition) is 1. The van der Waals surface area contributed by atoms with E-state index in [0.717, 1.165) is 33.1 Å². The summed E-state index contributed by atoms with van der Waals surface area (Å²) in [6.07, 6.45) is 0.803. The SMILES string of the molecule is Cc1ccc2cc(C3CC(c4sccc4Br)=NN3)c(Cl)nc2c1. The van der Waals surface area contributed by atoms with Gasteiger partial charge in [0.05, 0.1) is 22.1 Å². The van der Waals surface area contributed by atoms with E-state index in [1.807, 2.05) is 6.07 Å². The number of aromatic nitrogens is 1. The average Bonchev–Trinajstić information content (AvgIpc) is 3.15. The van der Waals surface area contributed by atoms with E-state index < -0.39 is 0 Å². The van der Waals surface area contributed by atoms with Crippen LogP contribution in [0.4, 0.5) is 0 Å². The molecular weight excluding hydrogens is 394 g/mol. The first kappa shape index (κ1) is 15.1. The van der Waals surface area contributed by atoms with E-state index in [-0.39, 0.29) is 6.04 Å². The zero-order valence-electron chi connectivity index (χ0n) is 12.3. The Morgan fingerprint density at radius 1 is 1.30 bits per heavy atom. The van der Waals surface area contributed by atoms with Gasteiger partial charge in [-0.05, 0) is 52.0 Å². The Hall–Kier alpha value is -1.43. The predicted molar refractivity (Wildman–Crippen MR) is 101 cm³/mol. The summed E-state index contributed by atoms with van der Waals surface area (Å²) in [7, 11) is 0. The van der Waals surface area contributed by atoms with Gasteiger partial charge < -0.3 is 5.43 Å². The summed E-state index contributed by atoms with van der Waals surface area (Å²) in [4.78, 5) is 5.72. The minimum absolute atomic E-state index is 0.0599. The van der Waals surface area contributed by atoms with Gasteiger partial charge in [-0.15, -0.1) is 11.3 Å². The molecule has 23 heavy (non-hydrogen) atoms. The van der Waals surface area contributed by atoms with E-state index in [2.05, 4.69) is 68.0 Å². The number of aryl methyl sites for hydroxylation is 1. The fraction of sp³-hybridized carbons (Fsp3) is 0.176. The fourth-order valence-electron chi connectivity index (χ4n) is 2.78. The summed E-state index contributed by atoms with van der Waals surface area (Å²) in [5.41, 5.74) is 7.36. The van der Waals surface area contributed by atoms with Gasteiger partial charge >= 0.3 is 0 Å². The summed E-state index contributed by atoms with van der Waals surface area (Å²) in [6.45, 7) is 2.06. The van der Waals surface area contributed by atoms with Crippen molar-refractivity contribution in [2.24, 2.45) is 5.10 Å². The monoisotopic (exact) mass is 405 g/mol. The molecule has 0 aliphatic carbocycles. The van der Waals surface area contributed by atoms with E-state index in [1.165, 1.54) is 10.4 Å². The highest BCUT2D eigenvalue weighted by atomic mass is 79.9. The van der Waals surface area contributed by atoms with E-state index in [0.29, 0.717) is 5.15 Å². The van der Waals surface area contributed by atoms with Gasteiger partial charge in [-0.3, -0.25) is 0 Å². The molecule has 3 heterocycles. The number of rotatable bonds is 2. The Bertz CT molecular complexity index is 935. The Morgan fingerprint density at radius 3 is 2.96 bits per heavy atom. The maximum absolute atomic E-state index is 6.43. The lowest BCUT2D eigenvalue weighted by atomic mass is 10.0. The molecule has 0 bridgehead atoms. The van der Waals surface area contributed by atoms with Crippen LogP contribution in [0.5, 0.6) is 0 Å². The lowest BCUT2D eigenvalue weighted by Crippen LogP contribution is -2.11. The van der Waals surface area contributed by atoms with Crippen molar-refractivity contribution in [1.29, 1.82) is 0 Å². The van der Waals surface area contributed by atoms with Crippen LogP contribution >= 0.6 is 38.9 Å². The number of nitrogens with zero attached hydrogens (tertiary/aromatic N) is 2. The van der Waals surface area contributed by atoms with Crippen LogP contribution in [0.25, 0.3) is 10.9 Å². The summed E-state index contributed by atoms with van der Waals surface area (Å²) >= 11 is 11.7. The molecule has 1 aliphatic rings. The van der Waals surface area contributed by atoms with Gasteiger partial charge in [0.25, 0.3) is 0 Å². The first-order valence-corrected chi connectivity index (χ1v) is 9.29. The molecule has 6 heteroatoms. The minimum Gasteiger partial charge on any atom is -0.302 e. The number of halogens is 2. The van der Waals surface area contributed by atoms with Gasteiger partial charge in [0.1, 0.15) is 5.15 Å². The average molecular weight is 407 g/mol. The molecule has 0 spiro atoms. The van der Waals surface area contributed by atoms with Crippen LogP contribution in [0.15, 0.2) is 45.3 Å². The van der Waals surface area contributed by atoms with Crippen molar-refractivity contribution in [3.05, 3.63) is 61.3 Å². The van der Waals surface area contributed by atoms with Gasteiger partial charge in [0, 0.05) is 21.8 Å². The highest BCUT2D eigenvalue weighted by molar-refractivity contribution is 9.10. The van der Waals surface area contributed by atoms with Crippen molar-refractivity contribution in [2.75, 3.05) is 0 Å². The molecule has 1 unspecified atom stereocenters. The lowest BCUT2D eigenvalue weighted by Gasteiger charge is -2.13. The summed E-state index contributed by atoms with van der Waals surface area (Å²) in [5.74, 6) is 0. The molecule has 0 radical (unpaired) electrons. The quantitative estimate of drug-likeness (QED) is 0.574. The number of pyridine rings is 1. The Labute approximate surface area is 151 Å². The third-order valence-electron chi connectivity index (χ3n) is 3.96. The highest BCUT2D eigenvalue weighted by Crippen LogP contribution is 2.34. The van der Waals surface area contributed by atoms with Crippen molar-refractivity contribution in [2.45, 2.75) is 19.4 Å². The molecule has 2 aromatic heterocycles. The van der Waals surface area contributed by atoms with E-state index in [1.54, 1.807) is 11.3 Å². The molecule has 3 nitrogen and oxygen atoms in total. The molecule has 1 aliphatic heterocycles. The zero-order chi connectivity index (χ0) is 16.0. The predicted octanol–water partition coefficient (Wildman–Crippen LogP) is 5.46. The second-order valence-corrected chi connectivity index (χ2v) is 7.73. The second-order valence-electron chi connectivity index (χ2n) is 5.61. The van der Waals surface area contributed by atoms with Crippen LogP contribution in [0.2, 0.25) is 5.15 Å². The van der Waals surface area contributed by atoms with Crippen LogP contribution in [0.1, 0.15) is 28.5 Å². The van der Waals surface area contributed by atoms with Crippen molar-refractivity contribution in [3.63, 3.8) is 0 Å². The number of hydrogen-bond acceptors (Lipinski definition) is 4. The normalized spacial score (nSPS) is 17.3. The van der Waals surface area contributed by atoms with Gasteiger partial charge in [0.2, 0.25) is 0 Å². The van der Waals surface area contributed by atoms with Crippen molar-refractivity contribution >= 4 is 55.5 Å². The van der Waals surface area contributed by atoms with Crippen molar-refractivity contribution in [1.82, 2.24) is 10.4 Å². The summed E-state index contributed by atoms with van der Waals surface area (Å²) < 4.78 is 1.09. The van der Waals surface area contributed by atoms with E-state index in [9.17, 15) is 0 Å². The topological polar surface area (TPSA) is 37.3 Å². The number of nitrogens with one attached hydrogen (secondary N) is 1. The number of thiophene rings is 1. The zero-order valence-corrected chi connectivity index (χ0v) is 15.5. The Kier molecular flexibility index (Phi) is 3.87. The van der Waals surface area contributed by atoms with Gasteiger partial charge in [0.15, 0.2) is 0 Å². The van der Waals surface area contributed by atoms with Gasteiger partial charge in [-0.1, -0.05) is 23.7 Å². The van der Waals surface area contributed by atoms with E-state index >= 15 is 0 Å². The van der Waals surface area contributed by atoms with Crippen LogP contribution in [-0.4, -0.2) is 10.7 Å². The fourth-order valence-corrected chi connectivity index (χ4v) is 4.66. The summed E-state index contributed by atoms with van der Waals surface area (Å²) in [5, 5.41) is 8.19. The third kappa shape index (κ3) is 2.77. The maximum atomic E-state index is 6.43. The van der Waals surface area contributed by atoms with Crippen LogP contribution in [0, 0.1) is 6.92 Å². The minimum atomic E-state index is 0.0599. The molecule has 0 saturated heterocycles. The molecule has 116 valence electrons. The Morgan fingerprint density at radius 2 is 2.17 bits per heavy atom. The molecule has 0 saturated carbocycles.